The number of benzene rings is 1. The van der Waals surface area contributed by atoms with Crippen molar-refractivity contribution in [2.24, 2.45) is 0 Å². The number of carbonyl (C=O) groups excluding carboxylic acids is 1. The first-order chi connectivity index (χ1) is 15.0. The van der Waals surface area contributed by atoms with Gasteiger partial charge in [0.2, 0.25) is 0 Å². The Morgan fingerprint density at radius 3 is 2.77 bits per heavy atom. The molecule has 0 fully saturated rings. The fraction of sp³-hybridized carbons (Fsp3) is 0.136. The zero-order valence-corrected chi connectivity index (χ0v) is 17.0. The van der Waals surface area contributed by atoms with Gasteiger partial charge in [0.15, 0.2) is 5.69 Å². The fourth-order valence-corrected chi connectivity index (χ4v) is 4.07. The number of hydrogen-bond acceptors (Lipinski definition) is 5. The largest absolute Gasteiger partial charge is 0.333 e. The fourth-order valence-electron chi connectivity index (χ4n) is 3.88. The average Bonchev–Trinajstić information content (AvgIpc) is 3.21. The lowest BCUT2D eigenvalue weighted by Crippen LogP contribution is -2.36. The minimum atomic E-state index is -0.534. The van der Waals surface area contributed by atoms with E-state index < -0.39 is 4.92 Å². The second kappa shape index (κ2) is 7.48. The molecule has 5 rings (SSSR count). The second-order valence-corrected chi connectivity index (χ2v) is 7.77. The summed E-state index contributed by atoms with van der Waals surface area (Å²) in [6.45, 7) is 0.983. The minimum Gasteiger partial charge on any atom is -0.333 e. The summed E-state index contributed by atoms with van der Waals surface area (Å²) in [5.41, 5.74) is 4.30. The van der Waals surface area contributed by atoms with Crippen LogP contribution in [0.3, 0.4) is 0 Å². The number of halogens is 1. The van der Waals surface area contributed by atoms with Crippen molar-refractivity contribution < 1.29 is 9.72 Å². The Morgan fingerprint density at radius 1 is 1.13 bits per heavy atom. The minimum absolute atomic E-state index is 0.148. The molecule has 8 nitrogen and oxygen atoms in total. The summed E-state index contributed by atoms with van der Waals surface area (Å²) in [5, 5.41) is 15.8. The summed E-state index contributed by atoms with van der Waals surface area (Å²) in [6.07, 6.45) is 3.92. The standard InChI is InChI=1S/C22H16ClN5O3/c23-17-10-21(28(30)31)20-11-19(25-27(20)13-17)22(29)26-8-6-14-4-5-15(9-16(14)12-26)18-3-1-2-7-24-18/h1-5,7,9-11,13H,6,8,12H2. The molecule has 31 heavy (non-hydrogen) atoms. The van der Waals surface area contributed by atoms with E-state index in [9.17, 15) is 14.9 Å². The molecule has 3 aromatic heterocycles. The smallest absolute Gasteiger partial charge is 0.296 e. The van der Waals surface area contributed by atoms with Crippen LogP contribution in [0, 0.1) is 10.1 Å². The number of fused-ring (bicyclic) bond motifs is 2. The van der Waals surface area contributed by atoms with Gasteiger partial charge in [-0.2, -0.15) is 5.10 Å². The van der Waals surface area contributed by atoms with Crippen LogP contribution >= 0.6 is 11.6 Å². The van der Waals surface area contributed by atoms with Crippen LogP contribution in [0.25, 0.3) is 16.8 Å². The van der Waals surface area contributed by atoms with Crippen molar-refractivity contribution in [2.75, 3.05) is 6.54 Å². The normalized spacial score (nSPS) is 13.3. The number of aromatic nitrogens is 3. The van der Waals surface area contributed by atoms with Gasteiger partial charge in [0, 0.05) is 43.2 Å². The first-order valence-corrected chi connectivity index (χ1v) is 10.0. The molecule has 1 amide bonds. The van der Waals surface area contributed by atoms with Gasteiger partial charge in [0.25, 0.3) is 11.6 Å². The molecule has 0 saturated heterocycles. The Bertz CT molecular complexity index is 1340. The lowest BCUT2D eigenvalue weighted by atomic mass is 9.96. The molecule has 9 heteroatoms. The zero-order chi connectivity index (χ0) is 21.5. The van der Waals surface area contributed by atoms with Gasteiger partial charge >= 0.3 is 0 Å². The Labute approximate surface area is 181 Å². The van der Waals surface area contributed by atoms with Gasteiger partial charge in [-0.05, 0) is 35.7 Å². The number of hydrogen-bond donors (Lipinski definition) is 0. The molecule has 0 atom stereocenters. The third-order valence-electron chi connectivity index (χ3n) is 5.40. The third-order valence-corrected chi connectivity index (χ3v) is 5.61. The average molecular weight is 434 g/mol. The molecule has 1 aliphatic rings. The maximum Gasteiger partial charge on any atom is 0.296 e. The van der Waals surface area contributed by atoms with Gasteiger partial charge in [-0.15, -0.1) is 0 Å². The molecule has 0 N–H and O–H groups in total. The van der Waals surface area contributed by atoms with Crippen molar-refractivity contribution in [1.29, 1.82) is 0 Å². The van der Waals surface area contributed by atoms with Crippen LogP contribution in [0.5, 0.6) is 0 Å². The molecule has 1 aromatic carbocycles. The lowest BCUT2D eigenvalue weighted by Gasteiger charge is -2.28. The predicted molar refractivity (Wildman–Crippen MR) is 115 cm³/mol. The van der Waals surface area contributed by atoms with E-state index in [1.54, 1.807) is 11.1 Å². The first-order valence-electron chi connectivity index (χ1n) is 9.65. The molecule has 0 spiro atoms. The molecule has 0 radical (unpaired) electrons. The highest BCUT2D eigenvalue weighted by Gasteiger charge is 2.26. The molecular formula is C22H16ClN5O3. The molecular weight excluding hydrogens is 418 g/mol. The van der Waals surface area contributed by atoms with E-state index in [0.29, 0.717) is 13.1 Å². The third kappa shape index (κ3) is 3.51. The van der Waals surface area contributed by atoms with Gasteiger partial charge in [0.05, 0.1) is 15.6 Å². The van der Waals surface area contributed by atoms with Crippen molar-refractivity contribution in [3.8, 4) is 11.3 Å². The highest BCUT2D eigenvalue weighted by Crippen LogP contribution is 2.28. The maximum atomic E-state index is 13.1. The molecule has 4 aromatic rings. The summed E-state index contributed by atoms with van der Waals surface area (Å²) in [5.74, 6) is -0.275. The van der Waals surface area contributed by atoms with Crippen LogP contribution in [-0.4, -0.2) is 36.9 Å². The highest BCUT2D eigenvalue weighted by atomic mass is 35.5. The Balaban J connectivity index is 1.45. The second-order valence-electron chi connectivity index (χ2n) is 7.34. The molecule has 0 saturated carbocycles. The van der Waals surface area contributed by atoms with Crippen molar-refractivity contribution >= 4 is 28.7 Å². The van der Waals surface area contributed by atoms with Crippen LogP contribution in [0.1, 0.15) is 21.6 Å². The van der Waals surface area contributed by atoms with Crippen LogP contribution in [-0.2, 0) is 13.0 Å². The van der Waals surface area contributed by atoms with Crippen LogP contribution < -0.4 is 0 Å². The summed E-state index contributed by atoms with van der Waals surface area (Å²) >= 11 is 5.96. The summed E-state index contributed by atoms with van der Waals surface area (Å²) < 4.78 is 1.28. The van der Waals surface area contributed by atoms with E-state index in [0.717, 1.165) is 23.2 Å². The highest BCUT2D eigenvalue weighted by molar-refractivity contribution is 6.30. The summed E-state index contributed by atoms with van der Waals surface area (Å²) in [4.78, 5) is 30.0. The number of nitro groups is 1. The van der Waals surface area contributed by atoms with Crippen molar-refractivity contribution in [2.45, 2.75) is 13.0 Å². The van der Waals surface area contributed by atoms with Gasteiger partial charge in [-0.1, -0.05) is 29.8 Å². The molecule has 4 heterocycles. The Kier molecular flexibility index (Phi) is 4.63. The lowest BCUT2D eigenvalue weighted by molar-refractivity contribution is -0.383. The molecule has 0 bridgehead atoms. The zero-order valence-electron chi connectivity index (χ0n) is 16.2. The molecule has 0 unspecified atom stereocenters. The van der Waals surface area contributed by atoms with Crippen LogP contribution in [0.4, 0.5) is 5.69 Å². The van der Waals surface area contributed by atoms with Crippen LogP contribution in [0.15, 0.2) is 60.9 Å². The van der Waals surface area contributed by atoms with Crippen molar-refractivity contribution in [3.63, 3.8) is 0 Å². The van der Waals surface area contributed by atoms with Gasteiger partial charge in [0.1, 0.15) is 5.52 Å². The first kappa shape index (κ1) is 19.2. The maximum absolute atomic E-state index is 13.1. The molecule has 0 aliphatic carbocycles. The van der Waals surface area contributed by atoms with Gasteiger partial charge in [-0.3, -0.25) is 19.9 Å². The number of amides is 1. The SMILES string of the molecule is O=C(c1cc2c([N+](=O)[O-])cc(Cl)cn2n1)N1CCc2ccc(-c3ccccn3)cc2C1. The van der Waals surface area contributed by atoms with E-state index in [2.05, 4.69) is 22.2 Å². The van der Waals surface area contributed by atoms with E-state index in [-0.39, 0.29) is 27.8 Å². The number of rotatable bonds is 3. The van der Waals surface area contributed by atoms with E-state index in [1.165, 1.54) is 28.4 Å². The number of nitrogens with zero attached hydrogens (tertiary/aromatic N) is 5. The van der Waals surface area contributed by atoms with E-state index in [1.807, 2.05) is 24.3 Å². The monoisotopic (exact) mass is 433 g/mol. The topological polar surface area (TPSA) is 93.6 Å². The molecule has 154 valence electrons. The van der Waals surface area contributed by atoms with Crippen molar-refractivity contribution in [3.05, 3.63) is 92.9 Å². The van der Waals surface area contributed by atoms with E-state index in [4.69, 9.17) is 11.6 Å². The summed E-state index contributed by atoms with van der Waals surface area (Å²) in [6, 6.07) is 14.6. The predicted octanol–water partition coefficient (Wildman–Crippen LogP) is 4.16. The van der Waals surface area contributed by atoms with Gasteiger partial charge in [-0.25, -0.2) is 4.52 Å². The number of carbonyl (C=O) groups is 1. The Morgan fingerprint density at radius 2 is 2.00 bits per heavy atom. The van der Waals surface area contributed by atoms with E-state index >= 15 is 0 Å². The number of pyridine rings is 2. The summed E-state index contributed by atoms with van der Waals surface area (Å²) in [7, 11) is 0. The van der Waals surface area contributed by atoms with Crippen molar-refractivity contribution in [1.82, 2.24) is 19.5 Å². The molecule has 1 aliphatic heterocycles. The quantitative estimate of drug-likeness (QED) is 0.357. The Hall–Kier alpha value is -3.78. The van der Waals surface area contributed by atoms with Gasteiger partial charge < -0.3 is 4.90 Å². The van der Waals surface area contributed by atoms with Crippen LogP contribution in [0.2, 0.25) is 5.02 Å².